The molecule has 19 heavy (non-hydrogen) atoms. The molecule has 1 atom stereocenters. The van der Waals surface area contributed by atoms with Crippen LogP contribution in [0.15, 0.2) is 18.3 Å². The van der Waals surface area contributed by atoms with Crippen molar-refractivity contribution >= 4 is 11.7 Å². The fourth-order valence-corrected chi connectivity index (χ4v) is 2.66. The highest BCUT2D eigenvalue weighted by atomic mass is 16.2. The van der Waals surface area contributed by atoms with Crippen molar-refractivity contribution in [1.82, 2.24) is 10.3 Å². The summed E-state index contributed by atoms with van der Waals surface area (Å²) in [6, 6.07) is 4.41. The maximum atomic E-state index is 11.8. The van der Waals surface area contributed by atoms with Crippen molar-refractivity contribution in [3.05, 3.63) is 23.9 Å². The lowest BCUT2D eigenvalue weighted by Gasteiger charge is -2.34. The Kier molecular flexibility index (Phi) is 3.40. The Labute approximate surface area is 114 Å². The Morgan fingerprint density at radius 3 is 3.00 bits per heavy atom. The summed E-state index contributed by atoms with van der Waals surface area (Å²) < 4.78 is 0. The highest BCUT2D eigenvalue weighted by Gasteiger charge is 2.32. The van der Waals surface area contributed by atoms with Crippen molar-refractivity contribution in [3.63, 3.8) is 0 Å². The van der Waals surface area contributed by atoms with Gasteiger partial charge in [-0.25, -0.2) is 4.98 Å². The molecule has 2 fully saturated rings. The molecule has 4 nitrogen and oxygen atoms in total. The normalized spacial score (nSPS) is 23.2. The van der Waals surface area contributed by atoms with Crippen molar-refractivity contribution in [2.45, 2.75) is 38.6 Å². The Hall–Kier alpha value is -1.58. The summed E-state index contributed by atoms with van der Waals surface area (Å²) in [5.41, 5.74) is 1.23. The minimum absolute atomic E-state index is 0.254. The smallest absolute Gasteiger partial charge is 0.223 e. The first-order valence-electron chi connectivity index (χ1n) is 7.20. The molecule has 0 radical (unpaired) electrons. The summed E-state index contributed by atoms with van der Waals surface area (Å²) in [5, 5.41) is 3.19. The number of hydrogen-bond donors (Lipinski definition) is 1. The van der Waals surface area contributed by atoms with Crippen LogP contribution in [0.5, 0.6) is 0 Å². The van der Waals surface area contributed by atoms with Gasteiger partial charge in [-0.1, -0.05) is 0 Å². The highest BCUT2D eigenvalue weighted by molar-refractivity contribution is 5.81. The van der Waals surface area contributed by atoms with Gasteiger partial charge in [-0.05, 0) is 50.3 Å². The fraction of sp³-hybridized carbons (Fsp3) is 0.600. The maximum Gasteiger partial charge on any atom is 0.223 e. The van der Waals surface area contributed by atoms with Crippen LogP contribution in [0.3, 0.4) is 0 Å². The summed E-state index contributed by atoms with van der Waals surface area (Å²) in [6.45, 7) is 4.00. The van der Waals surface area contributed by atoms with E-state index in [2.05, 4.69) is 28.2 Å². The van der Waals surface area contributed by atoms with Crippen LogP contribution in [-0.2, 0) is 4.79 Å². The third-order valence-electron chi connectivity index (χ3n) is 3.94. The van der Waals surface area contributed by atoms with Crippen LogP contribution < -0.4 is 10.2 Å². The van der Waals surface area contributed by atoms with Crippen molar-refractivity contribution in [2.24, 2.45) is 5.92 Å². The third-order valence-corrected chi connectivity index (χ3v) is 3.94. The molecule has 4 heteroatoms. The molecule has 1 aromatic heterocycles. The second kappa shape index (κ2) is 5.19. The Bertz CT molecular complexity index is 470. The number of hydrogen-bond acceptors (Lipinski definition) is 3. The number of piperidine rings is 1. The zero-order valence-electron chi connectivity index (χ0n) is 11.4. The van der Waals surface area contributed by atoms with E-state index in [1.54, 1.807) is 0 Å². The van der Waals surface area contributed by atoms with E-state index < -0.39 is 0 Å². The minimum Gasteiger partial charge on any atom is -0.355 e. The maximum absolute atomic E-state index is 11.8. The van der Waals surface area contributed by atoms with Gasteiger partial charge < -0.3 is 10.2 Å². The molecule has 1 aliphatic carbocycles. The van der Waals surface area contributed by atoms with E-state index in [-0.39, 0.29) is 11.9 Å². The largest absolute Gasteiger partial charge is 0.355 e. The van der Waals surface area contributed by atoms with Gasteiger partial charge in [0.25, 0.3) is 0 Å². The summed E-state index contributed by atoms with van der Waals surface area (Å²) in [7, 11) is 0. The molecule has 1 amide bonds. The van der Waals surface area contributed by atoms with Crippen molar-refractivity contribution in [1.29, 1.82) is 0 Å². The zero-order chi connectivity index (χ0) is 13.2. The molecular weight excluding hydrogens is 238 g/mol. The van der Waals surface area contributed by atoms with Crippen molar-refractivity contribution < 1.29 is 4.79 Å². The van der Waals surface area contributed by atoms with Crippen LogP contribution in [0.2, 0.25) is 0 Å². The number of carbonyl (C=O) groups is 1. The standard InChI is InChI=1S/C15H21N3O/c1-11-6-7-16-14(9-11)18-8-2-3-13(10-18)17-15(19)12-4-5-12/h6-7,9,12-13H,2-5,8,10H2,1H3,(H,17,19). The van der Waals surface area contributed by atoms with Crippen LogP contribution in [0.1, 0.15) is 31.2 Å². The van der Waals surface area contributed by atoms with E-state index >= 15 is 0 Å². The lowest BCUT2D eigenvalue weighted by Crippen LogP contribution is -2.48. The lowest BCUT2D eigenvalue weighted by molar-refractivity contribution is -0.123. The second-order valence-electron chi connectivity index (χ2n) is 5.76. The van der Waals surface area contributed by atoms with Gasteiger partial charge in [-0.3, -0.25) is 4.79 Å². The first-order valence-corrected chi connectivity index (χ1v) is 7.20. The third kappa shape index (κ3) is 3.06. The van der Waals surface area contributed by atoms with E-state index in [4.69, 9.17) is 0 Å². The van der Waals surface area contributed by atoms with Gasteiger partial charge in [-0.2, -0.15) is 0 Å². The molecule has 1 saturated heterocycles. The van der Waals surface area contributed by atoms with Crippen LogP contribution in [0.25, 0.3) is 0 Å². The SMILES string of the molecule is Cc1ccnc(N2CCCC(NC(=O)C3CC3)C2)c1. The summed E-state index contributed by atoms with van der Waals surface area (Å²) in [4.78, 5) is 18.5. The van der Waals surface area contributed by atoms with E-state index in [1.807, 2.05) is 12.3 Å². The molecule has 0 bridgehead atoms. The number of aromatic nitrogens is 1. The topological polar surface area (TPSA) is 45.2 Å². The Morgan fingerprint density at radius 2 is 2.26 bits per heavy atom. The average molecular weight is 259 g/mol. The molecule has 0 spiro atoms. The van der Waals surface area contributed by atoms with Crippen LogP contribution in [0, 0.1) is 12.8 Å². The van der Waals surface area contributed by atoms with Gasteiger partial charge in [0, 0.05) is 31.2 Å². The number of amides is 1. The number of nitrogens with zero attached hydrogens (tertiary/aromatic N) is 2. The molecule has 2 aliphatic rings. The lowest BCUT2D eigenvalue weighted by atomic mass is 10.1. The number of pyridine rings is 1. The molecular formula is C15H21N3O. The molecule has 1 N–H and O–H groups in total. The minimum atomic E-state index is 0.254. The number of anilines is 1. The monoisotopic (exact) mass is 259 g/mol. The molecule has 102 valence electrons. The molecule has 1 unspecified atom stereocenters. The predicted octanol–water partition coefficient (Wildman–Crippen LogP) is 1.89. The second-order valence-corrected chi connectivity index (χ2v) is 5.76. The molecule has 1 aromatic rings. The first kappa shape index (κ1) is 12.5. The van der Waals surface area contributed by atoms with Gasteiger partial charge in [0.15, 0.2) is 0 Å². The van der Waals surface area contributed by atoms with Crippen LogP contribution in [0.4, 0.5) is 5.82 Å². The number of rotatable bonds is 3. The van der Waals surface area contributed by atoms with Gasteiger partial charge in [0.05, 0.1) is 0 Å². The van der Waals surface area contributed by atoms with Gasteiger partial charge in [0.1, 0.15) is 5.82 Å². The van der Waals surface area contributed by atoms with Gasteiger partial charge in [0.2, 0.25) is 5.91 Å². The quantitative estimate of drug-likeness (QED) is 0.901. The first-order chi connectivity index (χ1) is 9.22. The van der Waals surface area contributed by atoms with E-state index in [9.17, 15) is 4.79 Å². The average Bonchev–Trinajstić information content (AvgIpc) is 3.23. The highest BCUT2D eigenvalue weighted by Crippen LogP contribution is 2.29. The fourth-order valence-electron chi connectivity index (χ4n) is 2.66. The van der Waals surface area contributed by atoms with E-state index in [1.165, 1.54) is 5.56 Å². The molecule has 1 saturated carbocycles. The molecule has 1 aliphatic heterocycles. The van der Waals surface area contributed by atoms with E-state index in [0.29, 0.717) is 5.92 Å². The van der Waals surface area contributed by atoms with Crippen molar-refractivity contribution in [2.75, 3.05) is 18.0 Å². The molecule has 3 rings (SSSR count). The Balaban J connectivity index is 1.62. The Morgan fingerprint density at radius 1 is 1.42 bits per heavy atom. The van der Waals surface area contributed by atoms with Gasteiger partial charge in [-0.15, -0.1) is 0 Å². The number of aryl methyl sites for hydroxylation is 1. The summed E-state index contributed by atoms with van der Waals surface area (Å²) in [6.07, 6.45) is 6.20. The number of carbonyl (C=O) groups excluding carboxylic acids is 1. The number of nitrogens with one attached hydrogen (secondary N) is 1. The van der Waals surface area contributed by atoms with Crippen molar-refractivity contribution in [3.8, 4) is 0 Å². The predicted molar refractivity (Wildman–Crippen MR) is 75.1 cm³/mol. The summed E-state index contributed by atoms with van der Waals surface area (Å²) in [5.74, 6) is 1.59. The van der Waals surface area contributed by atoms with Gasteiger partial charge >= 0.3 is 0 Å². The van der Waals surface area contributed by atoms with Crippen LogP contribution in [-0.4, -0.2) is 30.0 Å². The summed E-state index contributed by atoms with van der Waals surface area (Å²) >= 11 is 0. The molecule has 2 heterocycles. The van der Waals surface area contributed by atoms with Crippen LogP contribution >= 0.6 is 0 Å². The molecule has 0 aromatic carbocycles. The zero-order valence-corrected chi connectivity index (χ0v) is 11.4. The van der Waals surface area contributed by atoms with E-state index in [0.717, 1.165) is 44.6 Å².